The monoisotopic (exact) mass is 380 g/mol. The average molecular weight is 381 g/mol. The summed E-state index contributed by atoms with van der Waals surface area (Å²) in [6, 6.07) is 11.6. The summed E-state index contributed by atoms with van der Waals surface area (Å²) in [5.41, 5.74) is 3.02. The first-order chi connectivity index (χ1) is 13.6. The smallest absolute Gasteiger partial charge is 0.257 e. The molecule has 2 aromatic rings. The van der Waals surface area contributed by atoms with E-state index in [-0.39, 0.29) is 11.9 Å². The number of aromatic nitrogens is 2. The van der Waals surface area contributed by atoms with Crippen LogP contribution in [-0.2, 0) is 13.5 Å². The van der Waals surface area contributed by atoms with Crippen molar-refractivity contribution in [1.82, 2.24) is 19.6 Å². The molecule has 0 N–H and O–H groups in total. The Morgan fingerprint density at radius 2 is 1.89 bits per heavy atom. The van der Waals surface area contributed by atoms with E-state index in [9.17, 15) is 4.79 Å². The van der Waals surface area contributed by atoms with Crippen molar-refractivity contribution in [3.8, 4) is 0 Å². The van der Waals surface area contributed by atoms with Gasteiger partial charge in [0.2, 0.25) is 0 Å². The zero-order valence-electron chi connectivity index (χ0n) is 17.3. The van der Waals surface area contributed by atoms with Gasteiger partial charge in [0.15, 0.2) is 0 Å². The van der Waals surface area contributed by atoms with Crippen molar-refractivity contribution in [3.05, 3.63) is 53.3 Å². The van der Waals surface area contributed by atoms with Crippen LogP contribution in [0.4, 0.5) is 0 Å². The molecule has 2 fully saturated rings. The van der Waals surface area contributed by atoms with Gasteiger partial charge >= 0.3 is 0 Å². The molecule has 2 saturated heterocycles. The number of hydrogen-bond acceptors (Lipinski definition) is 3. The third-order valence-electron chi connectivity index (χ3n) is 6.80. The van der Waals surface area contributed by atoms with Gasteiger partial charge in [-0.1, -0.05) is 43.2 Å². The van der Waals surface area contributed by atoms with Crippen LogP contribution in [0.3, 0.4) is 0 Å². The highest BCUT2D eigenvalue weighted by atomic mass is 16.2. The van der Waals surface area contributed by atoms with E-state index in [1.807, 2.05) is 14.0 Å². The van der Waals surface area contributed by atoms with Gasteiger partial charge in [-0.05, 0) is 51.8 Å². The van der Waals surface area contributed by atoms with Crippen molar-refractivity contribution >= 4 is 5.91 Å². The van der Waals surface area contributed by atoms with E-state index in [4.69, 9.17) is 0 Å². The standard InChI is InChI=1S/C23H32N4O/c1-17-20(16-24-26(17)3)23(28)27-19(14-18-10-6-4-7-11-18)15-22-21(27)12-8-5-9-13-25(22)2/h4,6-7,10-11,16,19,21-22H,5,8-9,12-15H2,1-3H3/t19-,21-,22+/m1/s1. The maximum Gasteiger partial charge on any atom is 0.257 e. The van der Waals surface area contributed by atoms with E-state index in [1.165, 1.54) is 24.8 Å². The van der Waals surface area contributed by atoms with Gasteiger partial charge in [0, 0.05) is 30.9 Å². The Morgan fingerprint density at radius 3 is 2.61 bits per heavy atom. The highest BCUT2D eigenvalue weighted by Gasteiger charge is 2.45. The predicted molar refractivity (Wildman–Crippen MR) is 111 cm³/mol. The van der Waals surface area contributed by atoms with E-state index in [0.717, 1.165) is 37.1 Å². The van der Waals surface area contributed by atoms with Crippen LogP contribution in [-0.4, -0.2) is 57.2 Å². The largest absolute Gasteiger partial charge is 0.331 e. The summed E-state index contributed by atoms with van der Waals surface area (Å²) < 4.78 is 1.80. The number of hydrogen-bond donors (Lipinski definition) is 0. The van der Waals surface area contributed by atoms with Crippen molar-refractivity contribution < 1.29 is 4.79 Å². The van der Waals surface area contributed by atoms with Gasteiger partial charge in [-0.25, -0.2) is 0 Å². The molecule has 2 aliphatic heterocycles. The summed E-state index contributed by atoms with van der Waals surface area (Å²) >= 11 is 0. The summed E-state index contributed by atoms with van der Waals surface area (Å²) in [7, 11) is 4.15. The third kappa shape index (κ3) is 3.60. The number of fused-ring (bicyclic) bond motifs is 1. The molecule has 150 valence electrons. The van der Waals surface area contributed by atoms with Gasteiger partial charge in [0.05, 0.1) is 11.8 Å². The fourth-order valence-electron chi connectivity index (χ4n) is 5.10. The van der Waals surface area contributed by atoms with E-state index in [2.05, 4.69) is 52.3 Å². The number of likely N-dealkylation sites (N-methyl/N-ethyl adjacent to an activating group) is 1. The van der Waals surface area contributed by atoms with Crippen LogP contribution in [0, 0.1) is 6.92 Å². The van der Waals surface area contributed by atoms with Crippen LogP contribution in [0.15, 0.2) is 36.5 Å². The molecule has 1 aromatic carbocycles. The zero-order valence-corrected chi connectivity index (χ0v) is 17.3. The Balaban J connectivity index is 1.68. The average Bonchev–Trinajstić information content (AvgIpc) is 3.20. The first-order valence-corrected chi connectivity index (χ1v) is 10.6. The Morgan fingerprint density at radius 1 is 1.11 bits per heavy atom. The molecule has 5 heteroatoms. The Kier molecular flexibility index (Phi) is 5.54. The molecule has 28 heavy (non-hydrogen) atoms. The summed E-state index contributed by atoms with van der Waals surface area (Å²) in [4.78, 5) is 18.4. The fourth-order valence-corrected chi connectivity index (χ4v) is 5.10. The Bertz CT molecular complexity index is 815. The Hall–Kier alpha value is -2.14. The van der Waals surface area contributed by atoms with Crippen molar-refractivity contribution in [2.24, 2.45) is 7.05 Å². The first-order valence-electron chi connectivity index (χ1n) is 10.6. The molecule has 3 atom stereocenters. The van der Waals surface area contributed by atoms with Crippen molar-refractivity contribution in [2.75, 3.05) is 13.6 Å². The third-order valence-corrected chi connectivity index (χ3v) is 6.80. The van der Waals surface area contributed by atoms with Gasteiger partial charge in [-0.3, -0.25) is 9.48 Å². The molecule has 0 spiro atoms. The molecule has 0 saturated carbocycles. The molecule has 4 rings (SSSR count). The second kappa shape index (κ2) is 8.08. The summed E-state index contributed by atoms with van der Waals surface area (Å²) in [6.45, 7) is 3.12. The van der Waals surface area contributed by atoms with Gasteiger partial charge in [0.25, 0.3) is 5.91 Å². The molecular weight excluding hydrogens is 348 g/mol. The van der Waals surface area contributed by atoms with Crippen molar-refractivity contribution in [1.29, 1.82) is 0 Å². The lowest BCUT2D eigenvalue weighted by Crippen LogP contribution is -2.48. The number of benzene rings is 1. The molecular formula is C23H32N4O. The Labute approximate surface area is 168 Å². The maximum atomic E-state index is 13.7. The molecule has 2 aliphatic rings. The van der Waals surface area contributed by atoms with Crippen LogP contribution in [0.25, 0.3) is 0 Å². The van der Waals surface area contributed by atoms with E-state index >= 15 is 0 Å². The topological polar surface area (TPSA) is 41.4 Å². The number of amides is 1. The summed E-state index contributed by atoms with van der Waals surface area (Å²) in [5.74, 6) is 0.160. The summed E-state index contributed by atoms with van der Waals surface area (Å²) in [5, 5.41) is 4.33. The van der Waals surface area contributed by atoms with Crippen LogP contribution in [0.5, 0.6) is 0 Å². The fraction of sp³-hybridized carbons (Fsp3) is 0.565. The maximum absolute atomic E-state index is 13.7. The number of carbonyl (C=O) groups excluding carboxylic acids is 1. The van der Waals surface area contributed by atoms with E-state index in [0.29, 0.717) is 12.1 Å². The van der Waals surface area contributed by atoms with E-state index < -0.39 is 0 Å². The highest BCUT2D eigenvalue weighted by Crippen LogP contribution is 2.36. The van der Waals surface area contributed by atoms with Gasteiger partial charge in [0.1, 0.15) is 0 Å². The number of rotatable bonds is 3. The highest BCUT2D eigenvalue weighted by molar-refractivity contribution is 5.95. The minimum Gasteiger partial charge on any atom is -0.331 e. The van der Waals surface area contributed by atoms with E-state index in [1.54, 1.807) is 10.9 Å². The molecule has 1 amide bonds. The van der Waals surface area contributed by atoms with Gasteiger partial charge in [-0.15, -0.1) is 0 Å². The zero-order chi connectivity index (χ0) is 19.7. The van der Waals surface area contributed by atoms with Crippen LogP contribution < -0.4 is 0 Å². The first kappa shape index (κ1) is 19.2. The van der Waals surface area contributed by atoms with Gasteiger partial charge in [-0.2, -0.15) is 5.10 Å². The second-order valence-electron chi connectivity index (χ2n) is 8.52. The van der Waals surface area contributed by atoms with Gasteiger partial charge < -0.3 is 9.80 Å². The molecule has 0 radical (unpaired) electrons. The molecule has 0 aliphatic carbocycles. The minimum atomic E-state index is 0.160. The molecule has 3 heterocycles. The van der Waals surface area contributed by atoms with Crippen LogP contribution in [0.2, 0.25) is 0 Å². The summed E-state index contributed by atoms with van der Waals surface area (Å²) in [6.07, 6.45) is 8.56. The molecule has 1 aromatic heterocycles. The number of nitrogens with zero attached hydrogens (tertiary/aromatic N) is 4. The van der Waals surface area contributed by atoms with Crippen LogP contribution in [0.1, 0.15) is 53.7 Å². The van der Waals surface area contributed by atoms with Crippen LogP contribution >= 0.6 is 0 Å². The lowest BCUT2D eigenvalue weighted by molar-refractivity contribution is 0.0603. The van der Waals surface area contributed by atoms with Crippen molar-refractivity contribution in [2.45, 2.75) is 63.6 Å². The molecule has 0 bridgehead atoms. The lowest BCUT2D eigenvalue weighted by Gasteiger charge is -2.36. The van der Waals surface area contributed by atoms with Crippen molar-refractivity contribution in [3.63, 3.8) is 0 Å². The predicted octanol–water partition coefficient (Wildman–Crippen LogP) is 3.43. The SMILES string of the molecule is Cc1c(C(=O)N2[C@H](Cc3ccccc3)C[C@H]3[C@H]2CCCCCN3C)cnn1C. The number of carbonyl (C=O) groups is 1. The number of aryl methyl sites for hydroxylation is 1. The lowest BCUT2D eigenvalue weighted by atomic mass is 9.96. The minimum absolute atomic E-state index is 0.160. The normalized spacial score (nSPS) is 26.0. The quantitative estimate of drug-likeness (QED) is 0.819. The molecule has 0 unspecified atom stereocenters. The molecule has 5 nitrogen and oxygen atoms in total. The second-order valence-corrected chi connectivity index (χ2v) is 8.52. The number of likely N-dealkylation sites (tertiary alicyclic amines) is 2.